The maximum absolute atomic E-state index is 13.2. The number of fused-ring (bicyclic) bond motifs is 1. The summed E-state index contributed by atoms with van der Waals surface area (Å²) < 4.78 is 13.2. The molecule has 148 valence electrons. The van der Waals surface area contributed by atoms with Crippen LogP contribution in [0.25, 0.3) is 0 Å². The summed E-state index contributed by atoms with van der Waals surface area (Å²) in [7, 11) is 0. The molecule has 5 heteroatoms. The van der Waals surface area contributed by atoms with Crippen molar-refractivity contribution in [3.05, 3.63) is 70.6 Å². The van der Waals surface area contributed by atoms with E-state index in [0.29, 0.717) is 5.92 Å². The van der Waals surface area contributed by atoms with Crippen molar-refractivity contribution in [2.45, 2.75) is 31.6 Å². The number of piperidine rings is 1. The smallest absolute Gasteiger partial charge is 0.123 e. The Morgan fingerprint density at radius 1 is 1.11 bits per heavy atom. The third kappa shape index (κ3) is 3.89. The number of benzene rings is 2. The van der Waals surface area contributed by atoms with E-state index in [9.17, 15) is 4.39 Å². The average Bonchev–Trinajstić information content (AvgIpc) is 2.71. The second-order valence-corrected chi connectivity index (χ2v) is 8.29. The molecule has 2 N–H and O–H groups in total. The SMILES string of the molecule is C=C(CN1CCC(c2ccc(F)cc2)CC1)N1CCCc2c(Cl)ccc(N)c21. The lowest BCUT2D eigenvalue weighted by atomic mass is 9.89. The molecule has 0 aromatic heterocycles. The lowest BCUT2D eigenvalue weighted by Crippen LogP contribution is -2.39. The van der Waals surface area contributed by atoms with Crippen LogP contribution in [0.15, 0.2) is 48.7 Å². The predicted octanol–water partition coefficient (Wildman–Crippen LogP) is 5.21. The Labute approximate surface area is 171 Å². The summed E-state index contributed by atoms with van der Waals surface area (Å²) >= 11 is 6.41. The molecule has 2 heterocycles. The maximum Gasteiger partial charge on any atom is 0.123 e. The monoisotopic (exact) mass is 399 g/mol. The number of likely N-dealkylation sites (tertiary alicyclic amines) is 1. The van der Waals surface area contributed by atoms with Crippen molar-refractivity contribution >= 4 is 23.0 Å². The van der Waals surface area contributed by atoms with Gasteiger partial charge in [-0.05, 0) is 80.1 Å². The van der Waals surface area contributed by atoms with Gasteiger partial charge in [0.05, 0.1) is 11.4 Å². The first-order valence-electron chi connectivity index (χ1n) is 10.0. The van der Waals surface area contributed by atoms with Crippen LogP contribution in [-0.2, 0) is 6.42 Å². The molecule has 0 saturated carbocycles. The van der Waals surface area contributed by atoms with E-state index in [1.807, 2.05) is 24.3 Å². The molecule has 1 fully saturated rings. The molecule has 2 aliphatic heterocycles. The second-order valence-electron chi connectivity index (χ2n) is 7.89. The van der Waals surface area contributed by atoms with Crippen LogP contribution in [0, 0.1) is 5.82 Å². The van der Waals surface area contributed by atoms with Crippen LogP contribution in [0.2, 0.25) is 5.02 Å². The largest absolute Gasteiger partial charge is 0.397 e. The number of rotatable bonds is 4. The molecule has 0 atom stereocenters. The highest BCUT2D eigenvalue weighted by Gasteiger charge is 2.26. The second kappa shape index (κ2) is 8.14. The Hall–Kier alpha value is -2.04. The van der Waals surface area contributed by atoms with Gasteiger partial charge < -0.3 is 10.6 Å². The Balaban J connectivity index is 1.40. The average molecular weight is 400 g/mol. The van der Waals surface area contributed by atoms with Crippen LogP contribution in [-0.4, -0.2) is 31.1 Å². The zero-order valence-corrected chi connectivity index (χ0v) is 16.9. The molecule has 0 aliphatic carbocycles. The molecule has 3 nitrogen and oxygen atoms in total. The van der Waals surface area contributed by atoms with Crippen molar-refractivity contribution in [2.24, 2.45) is 0 Å². The van der Waals surface area contributed by atoms with Crippen molar-refractivity contribution in [1.82, 2.24) is 4.90 Å². The van der Waals surface area contributed by atoms with Gasteiger partial charge in [-0.1, -0.05) is 30.3 Å². The molecular formula is C23H27ClFN3. The van der Waals surface area contributed by atoms with Gasteiger partial charge in [-0.15, -0.1) is 0 Å². The van der Waals surface area contributed by atoms with E-state index in [1.165, 1.54) is 5.56 Å². The van der Waals surface area contributed by atoms with Crippen molar-refractivity contribution in [2.75, 3.05) is 36.8 Å². The molecule has 4 rings (SSSR count). The fraction of sp³-hybridized carbons (Fsp3) is 0.391. The number of nitrogens with zero attached hydrogens (tertiary/aromatic N) is 2. The normalized spacial score (nSPS) is 18.1. The molecule has 0 unspecified atom stereocenters. The van der Waals surface area contributed by atoms with Crippen LogP contribution in [0.3, 0.4) is 0 Å². The van der Waals surface area contributed by atoms with Gasteiger partial charge in [0, 0.05) is 23.8 Å². The molecular weight excluding hydrogens is 373 g/mol. The van der Waals surface area contributed by atoms with Gasteiger partial charge >= 0.3 is 0 Å². The highest BCUT2D eigenvalue weighted by Crippen LogP contribution is 2.39. The topological polar surface area (TPSA) is 32.5 Å². The minimum Gasteiger partial charge on any atom is -0.397 e. The van der Waals surface area contributed by atoms with E-state index < -0.39 is 0 Å². The fourth-order valence-electron chi connectivity index (χ4n) is 4.53. The summed E-state index contributed by atoms with van der Waals surface area (Å²) in [5, 5.41) is 0.793. The van der Waals surface area contributed by atoms with E-state index >= 15 is 0 Å². The summed E-state index contributed by atoms with van der Waals surface area (Å²) in [4.78, 5) is 4.71. The highest BCUT2D eigenvalue weighted by molar-refractivity contribution is 6.32. The van der Waals surface area contributed by atoms with Crippen LogP contribution in [0.1, 0.15) is 36.3 Å². The van der Waals surface area contributed by atoms with Gasteiger partial charge in [-0.25, -0.2) is 4.39 Å². The van der Waals surface area contributed by atoms with Crippen LogP contribution >= 0.6 is 11.6 Å². The van der Waals surface area contributed by atoms with Gasteiger partial charge in [0.15, 0.2) is 0 Å². The molecule has 0 radical (unpaired) electrons. The molecule has 0 spiro atoms. The quantitative estimate of drug-likeness (QED) is 0.716. The molecule has 28 heavy (non-hydrogen) atoms. The lowest BCUT2D eigenvalue weighted by Gasteiger charge is -2.38. The standard InChI is InChI=1S/C23H27ClFN3/c1-16(28-12-2-3-20-21(24)8-9-22(26)23(20)28)15-27-13-10-18(11-14-27)17-4-6-19(25)7-5-17/h4-9,18H,1-3,10-15,26H2. The summed E-state index contributed by atoms with van der Waals surface area (Å²) in [6.07, 6.45) is 4.20. The molecule has 0 bridgehead atoms. The van der Waals surface area contributed by atoms with E-state index in [-0.39, 0.29) is 5.82 Å². The van der Waals surface area contributed by atoms with Crippen LogP contribution in [0.4, 0.5) is 15.8 Å². The summed E-state index contributed by atoms with van der Waals surface area (Å²) in [6, 6.07) is 10.8. The van der Waals surface area contributed by atoms with Gasteiger partial charge in [-0.2, -0.15) is 0 Å². The molecule has 0 amide bonds. The Kier molecular flexibility index (Phi) is 5.61. The first-order chi connectivity index (χ1) is 13.5. The van der Waals surface area contributed by atoms with E-state index in [1.54, 1.807) is 12.1 Å². The van der Waals surface area contributed by atoms with Crippen molar-refractivity contribution < 1.29 is 4.39 Å². The van der Waals surface area contributed by atoms with Crippen molar-refractivity contribution in [3.63, 3.8) is 0 Å². The van der Waals surface area contributed by atoms with Gasteiger partial charge in [0.2, 0.25) is 0 Å². The van der Waals surface area contributed by atoms with E-state index in [2.05, 4.69) is 16.4 Å². The minimum atomic E-state index is -0.168. The van der Waals surface area contributed by atoms with E-state index in [4.69, 9.17) is 17.3 Å². The third-order valence-electron chi connectivity index (χ3n) is 6.05. The molecule has 2 aliphatic rings. The fourth-order valence-corrected chi connectivity index (χ4v) is 4.78. The first-order valence-corrected chi connectivity index (χ1v) is 10.4. The number of nitrogens with two attached hydrogens (primary N) is 1. The molecule has 1 saturated heterocycles. The van der Waals surface area contributed by atoms with Gasteiger partial charge in [0.1, 0.15) is 5.82 Å². The Bertz CT molecular complexity index is 857. The number of halogens is 2. The third-order valence-corrected chi connectivity index (χ3v) is 6.41. The Morgan fingerprint density at radius 3 is 2.54 bits per heavy atom. The first kappa shape index (κ1) is 19.3. The number of hydrogen-bond donors (Lipinski definition) is 1. The Morgan fingerprint density at radius 2 is 1.82 bits per heavy atom. The highest BCUT2D eigenvalue weighted by atomic mass is 35.5. The van der Waals surface area contributed by atoms with Crippen LogP contribution in [0.5, 0.6) is 0 Å². The lowest BCUT2D eigenvalue weighted by molar-refractivity contribution is 0.227. The maximum atomic E-state index is 13.2. The van der Waals surface area contributed by atoms with Gasteiger partial charge in [-0.3, -0.25) is 4.90 Å². The molecule has 2 aromatic rings. The van der Waals surface area contributed by atoms with Gasteiger partial charge in [0.25, 0.3) is 0 Å². The predicted molar refractivity (Wildman–Crippen MR) is 115 cm³/mol. The number of anilines is 2. The summed E-state index contributed by atoms with van der Waals surface area (Å²) in [5.41, 5.74) is 11.6. The summed E-state index contributed by atoms with van der Waals surface area (Å²) in [6.45, 7) is 8.18. The zero-order chi connectivity index (χ0) is 19.7. The summed E-state index contributed by atoms with van der Waals surface area (Å²) in [5.74, 6) is 0.342. The number of hydrogen-bond acceptors (Lipinski definition) is 3. The van der Waals surface area contributed by atoms with Crippen molar-refractivity contribution in [1.29, 1.82) is 0 Å². The molecule has 2 aromatic carbocycles. The minimum absolute atomic E-state index is 0.168. The number of nitrogen functional groups attached to an aromatic ring is 1. The van der Waals surface area contributed by atoms with Crippen molar-refractivity contribution in [3.8, 4) is 0 Å². The van der Waals surface area contributed by atoms with E-state index in [0.717, 1.165) is 79.5 Å². The van der Waals surface area contributed by atoms with Crippen LogP contribution < -0.4 is 10.6 Å². The zero-order valence-electron chi connectivity index (χ0n) is 16.1.